The second-order valence-corrected chi connectivity index (χ2v) is 8.85. The number of nitrogens with one attached hydrogen (secondary N) is 3. The minimum atomic E-state index is -0.558. The van der Waals surface area contributed by atoms with Gasteiger partial charge in [0.05, 0.1) is 32.4 Å². The molecule has 11 nitrogen and oxygen atoms in total. The molecule has 0 aromatic heterocycles. The van der Waals surface area contributed by atoms with Gasteiger partial charge in [-0.15, -0.1) is 0 Å². The summed E-state index contributed by atoms with van der Waals surface area (Å²) in [5, 5.41) is 2.76. The Kier molecular flexibility index (Phi) is 9.29. The molecule has 1 aliphatic rings. The molecule has 1 atom stereocenters. The molecule has 0 saturated carbocycles. The summed E-state index contributed by atoms with van der Waals surface area (Å²) in [7, 11) is 3.04. The average molecular weight is 549 g/mol. The lowest BCUT2D eigenvalue weighted by Crippen LogP contribution is -2.36. The fourth-order valence-electron chi connectivity index (χ4n) is 4.19. The molecule has 210 valence electrons. The van der Waals surface area contributed by atoms with E-state index in [1.165, 1.54) is 7.11 Å². The van der Waals surface area contributed by atoms with Gasteiger partial charge in [0.25, 0.3) is 5.91 Å². The largest absolute Gasteiger partial charge is 0.497 e. The first-order chi connectivity index (χ1) is 19.4. The van der Waals surface area contributed by atoms with Gasteiger partial charge in [-0.25, -0.2) is 0 Å². The first-order valence-electron chi connectivity index (χ1n) is 12.7. The van der Waals surface area contributed by atoms with E-state index in [4.69, 9.17) is 18.9 Å². The Morgan fingerprint density at radius 3 is 2.33 bits per heavy atom. The number of benzene rings is 3. The first-order valence-corrected chi connectivity index (χ1v) is 12.7. The van der Waals surface area contributed by atoms with Gasteiger partial charge in [0.15, 0.2) is 18.1 Å². The van der Waals surface area contributed by atoms with Crippen molar-refractivity contribution < 1.29 is 33.3 Å². The monoisotopic (exact) mass is 548 g/mol. The van der Waals surface area contributed by atoms with Gasteiger partial charge in [0.2, 0.25) is 11.8 Å². The fourth-order valence-corrected chi connectivity index (χ4v) is 4.19. The van der Waals surface area contributed by atoms with Crippen molar-refractivity contribution in [2.75, 3.05) is 49.6 Å². The Balaban J connectivity index is 1.34. The summed E-state index contributed by atoms with van der Waals surface area (Å²) in [4.78, 5) is 39.6. The van der Waals surface area contributed by atoms with Crippen LogP contribution >= 0.6 is 0 Å². The van der Waals surface area contributed by atoms with Crippen LogP contribution in [0.2, 0.25) is 0 Å². The van der Waals surface area contributed by atoms with Gasteiger partial charge in [-0.2, -0.15) is 0 Å². The molecule has 0 aliphatic carbocycles. The van der Waals surface area contributed by atoms with Crippen molar-refractivity contribution in [3.05, 3.63) is 66.7 Å². The Morgan fingerprint density at radius 1 is 0.925 bits per heavy atom. The Bertz CT molecular complexity index is 1330. The number of carbonyl (C=O) groups excluding carboxylic acids is 3. The van der Waals surface area contributed by atoms with Crippen LogP contribution in [0.4, 0.5) is 17.1 Å². The molecular formula is C29H32N4O7. The Morgan fingerprint density at radius 2 is 1.65 bits per heavy atom. The highest BCUT2D eigenvalue weighted by atomic mass is 16.5. The number of anilines is 3. The summed E-state index contributed by atoms with van der Waals surface area (Å²) < 4.78 is 21.7. The van der Waals surface area contributed by atoms with Crippen LogP contribution in [0.15, 0.2) is 66.7 Å². The molecule has 4 rings (SSSR count). The van der Waals surface area contributed by atoms with E-state index in [2.05, 4.69) is 16.2 Å². The van der Waals surface area contributed by atoms with E-state index < -0.39 is 5.92 Å². The highest BCUT2D eigenvalue weighted by molar-refractivity contribution is 6.00. The van der Waals surface area contributed by atoms with Crippen molar-refractivity contribution in [1.29, 1.82) is 0 Å². The zero-order valence-corrected chi connectivity index (χ0v) is 22.6. The van der Waals surface area contributed by atoms with Gasteiger partial charge in [0, 0.05) is 24.3 Å². The first kappa shape index (κ1) is 28.1. The summed E-state index contributed by atoms with van der Waals surface area (Å²) in [6.45, 7) is 2.39. The van der Waals surface area contributed by atoms with E-state index in [0.717, 1.165) is 0 Å². The molecule has 3 aromatic rings. The number of carbonyl (C=O) groups is 3. The van der Waals surface area contributed by atoms with E-state index in [0.29, 0.717) is 40.9 Å². The molecule has 3 amide bonds. The van der Waals surface area contributed by atoms with Crippen molar-refractivity contribution in [2.45, 2.75) is 13.3 Å². The lowest BCUT2D eigenvalue weighted by molar-refractivity contribution is -0.125. The average Bonchev–Trinajstić information content (AvgIpc) is 3.37. The van der Waals surface area contributed by atoms with Crippen LogP contribution < -0.4 is 40.0 Å². The van der Waals surface area contributed by atoms with E-state index in [9.17, 15) is 14.4 Å². The van der Waals surface area contributed by atoms with Crippen LogP contribution in [-0.4, -0.2) is 51.7 Å². The maximum absolute atomic E-state index is 12.9. The molecule has 0 spiro atoms. The van der Waals surface area contributed by atoms with Crippen LogP contribution in [0.25, 0.3) is 0 Å². The highest BCUT2D eigenvalue weighted by Gasteiger charge is 2.35. The number of hydrazine groups is 1. The van der Waals surface area contributed by atoms with Crippen molar-refractivity contribution in [3.63, 3.8) is 0 Å². The molecule has 0 bridgehead atoms. The van der Waals surface area contributed by atoms with Crippen molar-refractivity contribution in [1.82, 2.24) is 5.43 Å². The number of hydrogen-bond donors (Lipinski definition) is 3. The van der Waals surface area contributed by atoms with Crippen LogP contribution in [-0.2, 0) is 14.4 Å². The van der Waals surface area contributed by atoms with Gasteiger partial charge in [-0.05, 0) is 67.6 Å². The zero-order chi connectivity index (χ0) is 28.5. The normalized spacial score (nSPS) is 14.3. The summed E-state index contributed by atoms with van der Waals surface area (Å²) in [5.41, 5.74) is 7.17. The zero-order valence-electron chi connectivity index (χ0n) is 22.6. The quantitative estimate of drug-likeness (QED) is 0.293. The van der Waals surface area contributed by atoms with Gasteiger partial charge < -0.3 is 29.2 Å². The highest BCUT2D eigenvalue weighted by Crippen LogP contribution is 2.35. The number of rotatable bonds is 12. The van der Waals surface area contributed by atoms with Crippen LogP contribution in [0.5, 0.6) is 23.0 Å². The van der Waals surface area contributed by atoms with Crippen molar-refractivity contribution in [3.8, 4) is 23.0 Å². The fraction of sp³-hybridized carbons (Fsp3) is 0.276. The number of methoxy groups -OCH3 is 2. The van der Waals surface area contributed by atoms with Gasteiger partial charge in [0.1, 0.15) is 11.5 Å². The third kappa shape index (κ3) is 6.93. The van der Waals surface area contributed by atoms with Crippen molar-refractivity contribution in [2.24, 2.45) is 5.92 Å². The number of amides is 3. The topological polar surface area (TPSA) is 127 Å². The number of hydrogen-bond acceptors (Lipinski definition) is 8. The molecule has 3 N–H and O–H groups in total. The molecule has 1 aliphatic heterocycles. The minimum Gasteiger partial charge on any atom is -0.497 e. The predicted molar refractivity (Wildman–Crippen MR) is 150 cm³/mol. The molecule has 11 heteroatoms. The molecule has 0 radical (unpaired) electrons. The molecule has 3 aromatic carbocycles. The molecule has 1 heterocycles. The van der Waals surface area contributed by atoms with Gasteiger partial charge in [-0.3, -0.25) is 25.2 Å². The molecule has 1 saturated heterocycles. The maximum atomic E-state index is 12.9. The third-order valence-electron chi connectivity index (χ3n) is 6.20. The summed E-state index contributed by atoms with van der Waals surface area (Å²) >= 11 is 0. The second kappa shape index (κ2) is 13.2. The summed E-state index contributed by atoms with van der Waals surface area (Å²) in [6.07, 6.45) is 0.0761. The van der Waals surface area contributed by atoms with Crippen molar-refractivity contribution >= 4 is 34.8 Å². The summed E-state index contributed by atoms with van der Waals surface area (Å²) in [5.74, 6) is 0.563. The number of para-hydroxylation sites is 1. The SMILES string of the molecule is CCOc1ccc(NC(=O)COc2c(NNC(=O)[C@@H]3CC(=O)N(c4ccc(OC)cc4)C3)cccc2OC)cc1. The number of nitrogens with zero attached hydrogens (tertiary/aromatic N) is 1. The van der Waals surface area contributed by atoms with Gasteiger partial charge in [-0.1, -0.05) is 6.07 Å². The standard InChI is InChI=1S/C29H32N4O7/c1-4-39-23-12-8-20(9-13-23)30-26(34)18-40-28-24(6-5-7-25(28)38-3)31-32-29(36)19-16-27(35)33(17-19)21-10-14-22(37-2)15-11-21/h5-15,19,31H,4,16-18H2,1-3H3,(H,30,34)(H,32,36)/t19-/m1/s1. The smallest absolute Gasteiger partial charge is 0.262 e. The molecular weight excluding hydrogens is 516 g/mol. The summed E-state index contributed by atoms with van der Waals surface area (Å²) in [6, 6.07) is 19.1. The van der Waals surface area contributed by atoms with E-state index in [-0.39, 0.29) is 43.0 Å². The Labute approximate surface area is 232 Å². The third-order valence-corrected chi connectivity index (χ3v) is 6.20. The predicted octanol–water partition coefficient (Wildman–Crippen LogP) is 3.62. The van der Waals surface area contributed by atoms with Crippen LogP contribution in [0.3, 0.4) is 0 Å². The lowest BCUT2D eigenvalue weighted by Gasteiger charge is -2.19. The minimum absolute atomic E-state index is 0.0761. The van der Waals surface area contributed by atoms with Gasteiger partial charge >= 0.3 is 0 Å². The molecule has 0 unspecified atom stereocenters. The van der Waals surface area contributed by atoms with E-state index in [1.54, 1.807) is 78.7 Å². The van der Waals surface area contributed by atoms with Crippen LogP contribution in [0, 0.1) is 5.92 Å². The lowest BCUT2D eigenvalue weighted by atomic mass is 10.1. The van der Waals surface area contributed by atoms with E-state index >= 15 is 0 Å². The Hall–Kier alpha value is -4.93. The van der Waals surface area contributed by atoms with E-state index in [1.807, 2.05) is 6.92 Å². The second-order valence-electron chi connectivity index (χ2n) is 8.85. The maximum Gasteiger partial charge on any atom is 0.262 e. The number of ether oxygens (including phenoxy) is 4. The molecule has 1 fully saturated rings. The van der Waals surface area contributed by atoms with Crippen LogP contribution in [0.1, 0.15) is 13.3 Å². The molecule has 40 heavy (non-hydrogen) atoms.